The van der Waals surface area contributed by atoms with E-state index in [0.717, 1.165) is 4.31 Å². The van der Waals surface area contributed by atoms with Gasteiger partial charge in [0.25, 0.3) is 16.1 Å². The van der Waals surface area contributed by atoms with Crippen LogP contribution < -0.4 is 5.14 Å². The normalized spacial score (nSPS) is 17.5. The quantitative estimate of drug-likeness (QED) is 0.758. The first-order chi connectivity index (χ1) is 8.88. The first-order valence-corrected chi connectivity index (χ1v) is 7.46. The summed E-state index contributed by atoms with van der Waals surface area (Å²) >= 11 is 5.72. The average molecular weight is 305 g/mol. The number of piperazine rings is 1. The summed E-state index contributed by atoms with van der Waals surface area (Å²) in [6, 6.07) is 4.79. The van der Waals surface area contributed by atoms with Crippen LogP contribution in [0.1, 0.15) is 10.5 Å². The lowest BCUT2D eigenvalue weighted by Crippen LogP contribution is -2.52. The van der Waals surface area contributed by atoms with Crippen LogP contribution in [0.5, 0.6) is 0 Å². The number of carbonyl (C=O) groups is 1. The molecular formula is C10H13ClN4O3S. The molecule has 2 N–H and O–H groups in total. The number of nitrogens with two attached hydrogens (primary N) is 1. The van der Waals surface area contributed by atoms with Crippen molar-refractivity contribution in [1.82, 2.24) is 14.2 Å². The number of hydrogen-bond acceptors (Lipinski definition) is 4. The molecule has 1 amide bonds. The van der Waals surface area contributed by atoms with Gasteiger partial charge in [-0.05, 0) is 12.1 Å². The molecule has 1 saturated heterocycles. The molecule has 104 valence electrons. The smallest absolute Gasteiger partial charge is 0.277 e. The Morgan fingerprint density at radius 1 is 1.26 bits per heavy atom. The second-order valence-electron chi connectivity index (χ2n) is 4.08. The lowest BCUT2D eigenvalue weighted by atomic mass is 10.3. The maximum absolute atomic E-state index is 12.1. The van der Waals surface area contributed by atoms with Gasteiger partial charge in [-0.15, -0.1) is 0 Å². The monoisotopic (exact) mass is 304 g/mol. The van der Waals surface area contributed by atoms with Crippen LogP contribution >= 0.6 is 11.6 Å². The van der Waals surface area contributed by atoms with Gasteiger partial charge in [-0.1, -0.05) is 17.7 Å². The molecule has 9 heteroatoms. The molecule has 2 heterocycles. The van der Waals surface area contributed by atoms with E-state index in [0.29, 0.717) is 0 Å². The van der Waals surface area contributed by atoms with Crippen LogP contribution in [0.4, 0.5) is 0 Å². The number of rotatable bonds is 2. The number of halogens is 1. The Hall–Kier alpha value is -1.22. The standard InChI is InChI=1S/C10H13ClN4O3S/c11-9-3-1-2-8(13-9)10(16)14-4-6-15(7-5-14)19(12,17)18/h1-3H,4-7H2,(H2,12,17,18). The van der Waals surface area contributed by atoms with Crippen LogP contribution in [0.2, 0.25) is 5.15 Å². The lowest BCUT2D eigenvalue weighted by Gasteiger charge is -2.32. The molecule has 0 spiro atoms. The summed E-state index contributed by atoms with van der Waals surface area (Å²) in [6.45, 7) is 0.934. The molecule has 0 saturated carbocycles. The molecule has 1 aliphatic heterocycles. The van der Waals surface area contributed by atoms with E-state index in [-0.39, 0.29) is 42.9 Å². The molecule has 1 aliphatic rings. The molecule has 0 unspecified atom stereocenters. The number of amides is 1. The number of pyridine rings is 1. The summed E-state index contributed by atoms with van der Waals surface area (Å²) in [7, 11) is -3.69. The maximum atomic E-state index is 12.1. The van der Waals surface area contributed by atoms with E-state index in [1.54, 1.807) is 18.2 Å². The summed E-state index contributed by atoms with van der Waals surface area (Å²) < 4.78 is 23.4. The third-order valence-corrected chi connectivity index (χ3v) is 4.12. The van der Waals surface area contributed by atoms with Crippen molar-refractivity contribution in [2.24, 2.45) is 5.14 Å². The molecule has 1 fully saturated rings. The molecule has 0 radical (unpaired) electrons. The summed E-state index contributed by atoms with van der Waals surface area (Å²) in [5, 5.41) is 5.27. The van der Waals surface area contributed by atoms with E-state index in [4.69, 9.17) is 16.7 Å². The first-order valence-electron chi connectivity index (χ1n) is 5.57. The lowest BCUT2D eigenvalue weighted by molar-refractivity contribution is 0.0692. The topological polar surface area (TPSA) is 96.6 Å². The second kappa shape index (κ2) is 5.41. The molecule has 1 aromatic heterocycles. The van der Waals surface area contributed by atoms with Gasteiger partial charge in [-0.2, -0.15) is 12.7 Å². The van der Waals surface area contributed by atoms with Crippen LogP contribution in [-0.4, -0.2) is 54.7 Å². The van der Waals surface area contributed by atoms with Gasteiger partial charge in [-0.3, -0.25) is 4.79 Å². The van der Waals surface area contributed by atoms with Gasteiger partial charge < -0.3 is 4.90 Å². The highest BCUT2D eigenvalue weighted by molar-refractivity contribution is 7.86. The van der Waals surface area contributed by atoms with Crippen molar-refractivity contribution in [3.8, 4) is 0 Å². The van der Waals surface area contributed by atoms with E-state index in [2.05, 4.69) is 4.98 Å². The molecule has 7 nitrogen and oxygen atoms in total. The second-order valence-corrected chi connectivity index (χ2v) is 6.02. The molecule has 0 aliphatic carbocycles. The first kappa shape index (κ1) is 14.2. The summed E-state index contributed by atoms with van der Waals surface area (Å²) in [6.07, 6.45) is 0. The fourth-order valence-electron chi connectivity index (χ4n) is 1.84. The molecule has 0 aromatic carbocycles. The zero-order valence-electron chi connectivity index (χ0n) is 9.99. The van der Waals surface area contributed by atoms with E-state index in [1.807, 2.05) is 0 Å². The molecule has 2 rings (SSSR count). The minimum atomic E-state index is -3.69. The van der Waals surface area contributed by atoms with Crippen molar-refractivity contribution in [2.45, 2.75) is 0 Å². The van der Waals surface area contributed by atoms with Crippen molar-refractivity contribution in [3.63, 3.8) is 0 Å². The fourth-order valence-corrected chi connectivity index (χ4v) is 2.67. The van der Waals surface area contributed by atoms with Gasteiger partial charge in [0, 0.05) is 26.2 Å². The highest BCUT2D eigenvalue weighted by Crippen LogP contribution is 2.11. The van der Waals surface area contributed by atoms with Crippen LogP contribution in [-0.2, 0) is 10.2 Å². The molecule has 19 heavy (non-hydrogen) atoms. The number of nitrogens with zero attached hydrogens (tertiary/aromatic N) is 3. The van der Waals surface area contributed by atoms with Crippen molar-refractivity contribution in [3.05, 3.63) is 29.0 Å². The average Bonchev–Trinajstić information content (AvgIpc) is 2.37. The number of hydrogen-bond donors (Lipinski definition) is 1. The predicted molar refractivity (Wildman–Crippen MR) is 69.8 cm³/mol. The highest BCUT2D eigenvalue weighted by Gasteiger charge is 2.27. The Labute approximate surface area is 116 Å². The Morgan fingerprint density at radius 3 is 2.42 bits per heavy atom. The Morgan fingerprint density at radius 2 is 1.89 bits per heavy atom. The maximum Gasteiger partial charge on any atom is 0.277 e. The van der Waals surface area contributed by atoms with E-state index < -0.39 is 10.2 Å². The van der Waals surface area contributed by atoms with Crippen molar-refractivity contribution < 1.29 is 13.2 Å². The van der Waals surface area contributed by atoms with Crippen LogP contribution in [0.3, 0.4) is 0 Å². The zero-order valence-corrected chi connectivity index (χ0v) is 11.6. The third-order valence-electron chi connectivity index (χ3n) is 2.82. The summed E-state index contributed by atoms with van der Waals surface area (Å²) in [5.41, 5.74) is 0.247. The third kappa shape index (κ3) is 3.41. The molecule has 0 bridgehead atoms. The van der Waals surface area contributed by atoms with Crippen LogP contribution in [0, 0.1) is 0 Å². The Bertz CT molecular complexity index is 584. The molecular weight excluding hydrogens is 292 g/mol. The van der Waals surface area contributed by atoms with Crippen molar-refractivity contribution >= 4 is 27.7 Å². The van der Waals surface area contributed by atoms with Gasteiger partial charge in [0.1, 0.15) is 10.8 Å². The van der Waals surface area contributed by atoms with Gasteiger partial charge in [-0.25, -0.2) is 10.1 Å². The summed E-state index contributed by atoms with van der Waals surface area (Å²) in [5.74, 6) is -0.267. The van der Waals surface area contributed by atoms with Gasteiger partial charge in [0.2, 0.25) is 0 Å². The fraction of sp³-hybridized carbons (Fsp3) is 0.400. The van der Waals surface area contributed by atoms with Crippen molar-refractivity contribution in [1.29, 1.82) is 0 Å². The molecule has 1 aromatic rings. The van der Waals surface area contributed by atoms with Crippen molar-refractivity contribution in [2.75, 3.05) is 26.2 Å². The summed E-state index contributed by atoms with van der Waals surface area (Å²) in [4.78, 5) is 17.6. The minimum Gasteiger partial charge on any atom is -0.335 e. The molecule has 0 atom stereocenters. The SMILES string of the molecule is NS(=O)(=O)N1CCN(C(=O)c2cccc(Cl)n2)CC1. The van der Waals surface area contributed by atoms with E-state index in [1.165, 1.54) is 4.90 Å². The van der Waals surface area contributed by atoms with Crippen LogP contribution in [0.15, 0.2) is 18.2 Å². The zero-order chi connectivity index (χ0) is 14.0. The van der Waals surface area contributed by atoms with Crippen LogP contribution in [0.25, 0.3) is 0 Å². The van der Waals surface area contributed by atoms with Gasteiger partial charge in [0.15, 0.2) is 0 Å². The highest BCUT2D eigenvalue weighted by atomic mass is 35.5. The van der Waals surface area contributed by atoms with Gasteiger partial charge >= 0.3 is 0 Å². The minimum absolute atomic E-state index is 0.186. The number of carbonyl (C=O) groups excluding carboxylic acids is 1. The van der Waals surface area contributed by atoms with E-state index >= 15 is 0 Å². The Balaban J connectivity index is 2.04. The largest absolute Gasteiger partial charge is 0.335 e. The Kier molecular flexibility index (Phi) is 4.04. The van der Waals surface area contributed by atoms with Gasteiger partial charge in [0.05, 0.1) is 0 Å². The predicted octanol–water partition coefficient (Wildman–Crippen LogP) is -0.304. The van der Waals surface area contributed by atoms with E-state index in [9.17, 15) is 13.2 Å². The number of aromatic nitrogens is 1.